The van der Waals surface area contributed by atoms with Gasteiger partial charge in [0.05, 0.1) is 0 Å². The van der Waals surface area contributed by atoms with Crippen LogP contribution in [0.5, 0.6) is 5.75 Å². The molecule has 0 radical (unpaired) electrons. The molecule has 8 heteroatoms. The minimum absolute atomic E-state index is 0.0575. The Bertz CT molecular complexity index is 1150. The number of benzene rings is 3. The summed E-state index contributed by atoms with van der Waals surface area (Å²) >= 11 is 0. The average molecular weight is 505 g/mol. The lowest BCUT2D eigenvalue weighted by atomic mass is 10.0. The zero-order valence-corrected chi connectivity index (χ0v) is 20.9. The largest absolute Gasteiger partial charge is 0.489 e. The molecule has 2 atom stereocenters. The minimum atomic E-state index is -1.17. The topological polar surface area (TPSA) is 114 Å². The van der Waals surface area contributed by atoms with Crippen molar-refractivity contribution in [1.82, 2.24) is 10.6 Å². The molecule has 0 aromatic heterocycles. The number of carbonyl (C=O) groups is 3. The Morgan fingerprint density at radius 1 is 0.757 bits per heavy atom. The van der Waals surface area contributed by atoms with E-state index in [9.17, 15) is 19.5 Å². The number of rotatable bonds is 12. The number of amides is 2. The fraction of sp³-hybridized carbons (Fsp3) is 0.276. The van der Waals surface area contributed by atoms with Crippen molar-refractivity contribution < 1.29 is 29.0 Å². The molecule has 0 bridgehead atoms. The van der Waals surface area contributed by atoms with Crippen molar-refractivity contribution in [3.8, 4) is 5.75 Å². The van der Waals surface area contributed by atoms with Gasteiger partial charge in [-0.15, -0.1) is 0 Å². The first kappa shape index (κ1) is 27.3. The van der Waals surface area contributed by atoms with Crippen LogP contribution >= 0.6 is 0 Å². The first-order valence-corrected chi connectivity index (χ1v) is 12.1. The lowest BCUT2D eigenvalue weighted by molar-refractivity contribution is -0.142. The average Bonchev–Trinajstić information content (AvgIpc) is 2.90. The number of aliphatic carboxylic acids is 1. The van der Waals surface area contributed by atoms with Crippen LogP contribution < -0.4 is 15.4 Å². The second-order valence-corrected chi connectivity index (χ2v) is 8.95. The number of nitrogens with one attached hydrogen (secondary N) is 2. The summed E-state index contributed by atoms with van der Waals surface area (Å²) in [6.07, 6.45) is -0.681. The van der Waals surface area contributed by atoms with Crippen LogP contribution in [0.15, 0.2) is 84.9 Å². The standard InChI is InChI=1S/C29H32N2O6/c1-20(2)26(31-29(35)37-19-23-11-7-4-8-12-23)27(32)30-25(28(33)34)17-21-13-15-24(16-14-21)36-18-22-9-5-3-6-10-22/h3-16,20,25-26H,17-19H2,1-2H3,(H,30,32)(H,31,35)(H,33,34)/t25-,26-/m1/s1. The number of hydrogen-bond donors (Lipinski definition) is 3. The van der Waals surface area contributed by atoms with Crippen molar-refractivity contribution >= 4 is 18.0 Å². The molecule has 0 fully saturated rings. The molecule has 0 saturated heterocycles. The summed E-state index contributed by atoms with van der Waals surface area (Å²) in [4.78, 5) is 37.1. The molecule has 3 N–H and O–H groups in total. The molecule has 2 amide bonds. The maximum Gasteiger partial charge on any atom is 0.408 e. The van der Waals surface area contributed by atoms with Crippen molar-refractivity contribution in [3.05, 3.63) is 102 Å². The van der Waals surface area contributed by atoms with Crippen LogP contribution in [0.3, 0.4) is 0 Å². The Kier molecular flexibility index (Phi) is 10.1. The van der Waals surface area contributed by atoms with Gasteiger partial charge in [-0.1, -0.05) is 86.6 Å². The number of hydrogen-bond acceptors (Lipinski definition) is 5. The van der Waals surface area contributed by atoms with E-state index in [1.165, 1.54) is 0 Å². The molecule has 3 aromatic rings. The van der Waals surface area contributed by atoms with E-state index in [0.717, 1.165) is 16.7 Å². The van der Waals surface area contributed by atoms with E-state index in [-0.39, 0.29) is 18.9 Å². The van der Waals surface area contributed by atoms with E-state index in [2.05, 4.69) is 10.6 Å². The van der Waals surface area contributed by atoms with Gasteiger partial charge in [-0.25, -0.2) is 9.59 Å². The number of alkyl carbamates (subject to hydrolysis) is 1. The van der Waals surface area contributed by atoms with Gasteiger partial charge in [0, 0.05) is 6.42 Å². The fourth-order valence-corrected chi connectivity index (χ4v) is 3.59. The van der Waals surface area contributed by atoms with Crippen molar-refractivity contribution in [3.63, 3.8) is 0 Å². The third-order valence-electron chi connectivity index (χ3n) is 5.66. The van der Waals surface area contributed by atoms with E-state index in [0.29, 0.717) is 12.4 Å². The minimum Gasteiger partial charge on any atom is -0.489 e. The summed E-state index contributed by atoms with van der Waals surface area (Å²) in [6.45, 7) is 3.99. The lowest BCUT2D eigenvalue weighted by Gasteiger charge is -2.24. The van der Waals surface area contributed by atoms with Gasteiger partial charge in [-0.3, -0.25) is 4.79 Å². The molecule has 0 heterocycles. The molecule has 194 valence electrons. The molecule has 8 nitrogen and oxygen atoms in total. The highest BCUT2D eigenvalue weighted by atomic mass is 16.5. The number of carboxylic acid groups (broad SMARTS) is 1. The van der Waals surface area contributed by atoms with Crippen LogP contribution in [0.1, 0.15) is 30.5 Å². The summed E-state index contributed by atoms with van der Waals surface area (Å²) in [5.41, 5.74) is 2.57. The molecule has 37 heavy (non-hydrogen) atoms. The fourth-order valence-electron chi connectivity index (χ4n) is 3.59. The second-order valence-electron chi connectivity index (χ2n) is 8.95. The third kappa shape index (κ3) is 9.00. The third-order valence-corrected chi connectivity index (χ3v) is 5.66. The van der Waals surface area contributed by atoms with Gasteiger partial charge >= 0.3 is 12.1 Å². The number of carbonyl (C=O) groups excluding carboxylic acids is 2. The molecule has 0 aliphatic rings. The highest BCUT2D eigenvalue weighted by molar-refractivity contribution is 5.89. The molecule has 3 aromatic carbocycles. The van der Waals surface area contributed by atoms with E-state index >= 15 is 0 Å². The van der Waals surface area contributed by atoms with Gasteiger partial charge in [0.25, 0.3) is 0 Å². The van der Waals surface area contributed by atoms with Crippen LogP contribution in [0.25, 0.3) is 0 Å². The normalized spacial score (nSPS) is 12.3. The molecule has 0 saturated carbocycles. The van der Waals surface area contributed by atoms with Crippen molar-refractivity contribution in [2.24, 2.45) is 5.92 Å². The van der Waals surface area contributed by atoms with Crippen LogP contribution in [-0.2, 0) is 34.0 Å². The molecular formula is C29H32N2O6. The first-order chi connectivity index (χ1) is 17.8. The molecule has 0 spiro atoms. The van der Waals surface area contributed by atoms with E-state index < -0.39 is 30.1 Å². The summed E-state index contributed by atoms with van der Waals surface area (Å²) < 4.78 is 11.0. The highest BCUT2D eigenvalue weighted by Gasteiger charge is 2.29. The summed E-state index contributed by atoms with van der Waals surface area (Å²) in [7, 11) is 0. The summed E-state index contributed by atoms with van der Waals surface area (Å²) in [6, 6.07) is 23.8. The van der Waals surface area contributed by atoms with Crippen LogP contribution in [0, 0.1) is 5.92 Å². The summed E-state index contributed by atoms with van der Waals surface area (Å²) in [5.74, 6) is -1.41. The van der Waals surface area contributed by atoms with Crippen molar-refractivity contribution in [1.29, 1.82) is 0 Å². The highest BCUT2D eigenvalue weighted by Crippen LogP contribution is 2.16. The Morgan fingerprint density at radius 2 is 1.32 bits per heavy atom. The SMILES string of the molecule is CC(C)[C@@H](NC(=O)OCc1ccccc1)C(=O)N[C@H](Cc1ccc(OCc2ccccc2)cc1)C(=O)O. The van der Waals surface area contributed by atoms with E-state index in [4.69, 9.17) is 9.47 Å². The van der Waals surface area contributed by atoms with Gasteiger partial charge in [-0.2, -0.15) is 0 Å². The van der Waals surface area contributed by atoms with Gasteiger partial charge in [0.15, 0.2) is 0 Å². The Balaban J connectivity index is 1.54. The Hall–Kier alpha value is -4.33. The second kappa shape index (κ2) is 13.7. The lowest BCUT2D eigenvalue weighted by Crippen LogP contribution is -2.54. The van der Waals surface area contributed by atoms with Crippen LogP contribution in [0.4, 0.5) is 4.79 Å². The van der Waals surface area contributed by atoms with Crippen molar-refractivity contribution in [2.75, 3.05) is 0 Å². The summed E-state index contributed by atoms with van der Waals surface area (Å²) in [5, 5.41) is 14.8. The smallest absolute Gasteiger partial charge is 0.408 e. The zero-order valence-electron chi connectivity index (χ0n) is 20.9. The van der Waals surface area contributed by atoms with Gasteiger partial charge < -0.3 is 25.2 Å². The Morgan fingerprint density at radius 3 is 1.86 bits per heavy atom. The monoisotopic (exact) mass is 504 g/mol. The van der Waals surface area contributed by atoms with Crippen molar-refractivity contribution in [2.45, 2.75) is 45.6 Å². The van der Waals surface area contributed by atoms with Crippen LogP contribution in [-0.4, -0.2) is 35.2 Å². The quantitative estimate of drug-likeness (QED) is 0.338. The van der Waals surface area contributed by atoms with Gasteiger partial charge in [0.1, 0.15) is 31.0 Å². The first-order valence-electron chi connectivity index (χ1n) is 12.1. The number of ether oxygens (including phenoxy) is 2. The van der Waals surface area contributed by atoms with Gasteiger partial charge in [0.2, 0.25) is 5.91 Å². The predicted octanol–water partition coefficient (Wildman–Crippen LogP) is 4.33. The predicted molar refractivity (Wildman–Crippen MR) is 139 cm³/mol. The maximum atomic E-state index is 12.9. The molecule has 3 rings (SSSR count). The van der Waals surface area contributed by atoms with E-state index in [1.807, 2.05) is 60.7 Å². The van der Waals surface area contributed by atoms with Crippen LogP contribution in [0.2, 0.25) is 0 Å². The molecule has 0 unspecified atom stereocenters. The maximum absolute atomic E-state index is 12.9. The molecule has 0 aliphatic carbocycles. The van der Waals surface area contributed by atoms with Gasteiger partial charge in [-0.05, 0) is 34.7 Å². The zero-order chi connectivity index (χ0) is 26.6. The Labute approximate surface area is 216 Å². The van der Waals surface area contributed by atoms with E-state index in [1.54, 1.807) is 38.1 Å². The number of carboxylic acids is 1. The molecular weight excluding hydrogens is 472 g/mol. The molecule has 0 aliphatic heterocycles.